The molecule has 1 aliphatic heterocycles. The van der Waals surface area contributed by atoms with E-state index in [1.54, 1.807) is 42.5 Å². The molecule has 0 saturated carbocycles. The van der Waals surface area contributed by atoms with E-state index in [4.69, 9.17) is 9.47 Å². The third-order valence-electron chi connectivity index (χ3n) is 3.25. The van der Waals surface area contributed by atoms with Crippen LogP contribution in [0.15, 0.2) is 42.5 Å². The summed E-state index contributed by atoms with van der Waals surface area (Å²) >= 11 is 0. The Morgan fingerprint density at radius 1 is 0.913 bits per heavy atom. The molecule has 0 spiro atoms. The summed E-state index contributed by atoms with van der Waals surface area (Å²) in [5, 5.41) is 5.46. The molecule has 2 aromatic carbocycles. The fourth-order valence-corrected chi connectivity index (χ4v) is 2.27. The average Bonchev–Trinajstić information content (AvgIpc) is 2.54. The van der Waals surface area contributed by atoms with E-state index < -0.39 is 0 Å². The van der Waals surface area contributed by atoms with Crippen molar-refractivity contribution in [2.75, 3.05) is 23.8 Å². The third-order valence-corrected chi connectivity index (χ3v) is 3.25. The highest BCUT2D eigenvalue weighted by molar-refractivity contribution is 6.05. The topological polar surface area (TPSA) is 76.7 Å². The van der Waals surface area contributed by atoms with Gasteiger partial charge in [0.25, 0.3) is 5.91 Å². The van der Waals surface area contributed by atoms with Gasteiger partial charge in [0.1, 0.15) is 13.2 Å². The van der Waals surface area contributed by atoms with E-state index in [9.17, 15) is 9.59 Å². The summed E-state index contributed by atoms with van der Waals surface area (Å²) in [6.45, 7) is 2.41. The van der Waals surface area contributed by atoms with Gasteiger partial charge in [0, 0.05) is 23.9 Å². The van der Waals surface area contributed by atoms with E-state index in [1.807, 2.05) is 0 Å². The van der Waals surface area contributed by atoms with Crippen molar-refractivity contribution in [2.24, 2.45) is 0 Å². The maximum absolute atomic E-state index is 12.3. The van der Waals surface area contributed by atoms with Crippen LogP contribution in [0.3, 0.4) is 0 Å². The molecule has 6 heteroatoms. The van der Waals surface area contributed by atoms with Gasteiger partial charge in [-0.25, -0.2) is 0 Å². The summed E-state index contributed by atoms with van der Waals surface area (Å²) in [4.78, 5) is 23.4. The van der Waals surface area contributed by atoms with Crippen molar-refractivity contribution in [3.8, 4) is 11.5 Å². The first-order valence-electron chi connectivity index (χ1n) is 7.20. The number of carbonyl (C=O) groups excluding carboxylic acids is 2. The van der Waals surface area contributed by atoms with E-state index in [1.165, 1.54) is 6.92 Å². The molecule has 0 saturated heterocycles. The largest absolute Gasteiger partial charge is 0.486 e. The summed E-state index contributed by atoms with van der Waals surface area (Å²) in [6, 6.07) is 12.0. The number of anilines is 2. The minimum atomic E-state index is -0.262. The van der Waals surface area contributed by atoms with Gasteiger partial charge >= 0.3 is 0 Å². The maximum Gasteiger partial charge on any atom is 0.255 e. The molecule has 2 amide bonds. The number of nitrogens with one attached hydrogen (secondary N) is 2. The quantitative estimate of drug-likeness (QED) is 0.913. The van der Waals surface area contributed by atoms with Crippen LogP contribution in [0.2, 0.25) is 0 Å². The number of benzene rings is 2. The molecule has 0 aliphatic carbocycles. The van der Waals surface area contributed by atoms with E-state index in [0.29, 0.717) is 41.7 Å². The molecule has 1 aliphatic rings. The Bertz CT molecular complexity index is 758. The van der Waals surface area contributed by atoms with Gasteiger partial charge in [-0.05, 0) is 36.4 Å². The predicted molar refractivity (Wildman–Crippen MR) is 86.1 cm³/mol. The second kappa shape index (κ2) is 6.39. The number of hydrogen-bond donors (Lipinski definition) is 2. The summed E-state index contributed by atoms with van der Waals surface area (Å²) in [6.07, 6.45) is 0. The Labute approximate surface area is 133 Å². The van der Waals surface area contributed by atoms with Crippen LogP contribution in [0.5, 0.6) is 11.5 Å². The van der Waals surface area contributed by atoms with Gasteiger partial charge in [-0.2, -0.15) is 0 Å². The van der Waals surface area contributed by atoms with Crippen molar-refractivity contribution >= 4 is 23.2 Å². The molecule has 1 heterocycles. The highest BCUT2D eigenvalue weighted by Gasteiger charge is 2.15. The molecule has 2 N–H and O–H groups in total. The van der Waals surface area contributed by atoms with Crippen LogP contribution in [0.25, 0.3) is 0 Å². The van der Waals surface area contributed by atoms with Crippen LogP contribution in [-0.4, -0.2) is 25.0 Å². The SMILES string of the molecule is CC(=O)Nc1cccc(NC(=O)c2ccc3c(c2)OCCO3)c1. The zero-order valence-electron chi connectivity index (χ0n) is 12.6. The van der Waals surface area contributed by atoms with Gasteiger partial charge in [-0.1, -0.05) is 6.07 Å². The van der Waals surface area contributed by atoms with Crippen molar-refractivity contribution in [3.05, 3.63) is 48.0 Å². The average molecular weight is 312 g/mol. The second-order valence-corrected chi connectivity index (χ2v) is 5.07. The zero-order valence-corrected chi connectivity index (χ0v) is 12.6. The fourth-order valence-electron chi connectivity index (χ4n) is 2.27. The van der Waals surface area contributed by atoms with Crippen molar-refractivity contribution in [1.29, 1.82) is 0 Å². The number of rotatable bonds is 3. The van der Waals surface area contributed by atoms with E-state index in [0.717, 1.165) is 0 Å². The molecular formula is C17H16N2O4. The van der Waals surface area contributed by atoms with Gasteiger partial charge in [0.15, 0.2) is 11.5 Å². The predicted octanol–water partition coefficient (Wildman–Crippen LogP) is 2.67. The molecular weight excluding hydrogens is 296 g/mol. The smallest absolute Gasteiger partial charge is 0.255 e. The highest BCUT2D eigenvalue weighted by atomic mass is 16.6. The Morgan fingerprint density at radius 3 is 2.35 bits per heavy atom. The maximum atomic E-state index is 12.3. The molecule has 0 unspecified atom stereocenters. The van der Waals surface area contributed by atoms with Crippen LogP contribution < -0.4 is 20.1 Å². The first-order valence-corrected chi connectivity index (χ1v) is 7.20. The minimum Gasteiger partial charge on any atom is -0.486 e. The standard InChI is InChI=1S/C17H16N2O4/c1-11(20)18-13-3-2-4-14(10-13)19-17(21)12-5-6-15-16(9-12)23-8-7-22-15/h2-6,9-10H,7-8H2,1H3,(H,18,20)(H,19,21). The zero-order chi connectivity index (χ0) is 16.2. The lowest BCUT2D eigenvalue weighted by Crippen LogP contribution is -2.17. The molecule has 118 valence electrons. The third kappa shape index (κ3) is 3.60. The number of fused-ring (bicyclic) bond motifs is 1. The van der Waals surface area contributed by atoms with Gasteiger partial charge in [0.05, 0.1) is 0 Å². The Hall–Kier alpha value is -3.02. The number of hydrogen-bond acceptors (Lipinski definition) is 4. The van der Waals surface area contributed by atoms with Gasteiger partial charge in [0.2, 0.25) is 5.91 Å². The monoisotopic (exact) mass is 312 g/mol. The molecule has 0 bridgehead atoms. The van der Waals surface area contributed by atoms with Crippen LogP contribution in [-0.2, 0) is 4.79 Å². The van der Waals surface area contributed by atoms with E-state index >= 15 is 0 Å². The molecule has 0 aromatic heterocycles. The van der Waals surface area contributed by atoms with Crippen LogP contribution in [0.4, 0.5) is 11.4 Å². The van der Waals surface area contributed by atoms with Crippen molar-refractivity contribution in [3.63, 3.8) is 0 Å². The molecule has 0 fully saturated rings. The van der Waals surface area contributed by atoms with Crippen LogP contribution >= 0.6 is 0 Å². The second-order valence-electron chi connectivity index (χ2n) is 5.07. The number of amides is 2. The minimum absolute atomic E-state index is 0.166. The van der Waals surface area contributed by atoms with Gasteiger partial charge in [-0.15, -0.1) is 0 Å². The lowest BCUT2D eigenvalue weighted by molar-refractivity contribution is -0.114. The van der Waals surface area contributed by atoms with E-state index in [2.05, 4.69) is 10.6 Å². The van der Waals surface area contributed by atoms with Crippen molar-refractivity contribution in [1.82, 2.24) is 0 Å². The highest BCUT2D eigenvalue weighted by Crippen LogP contribution is 2.31. The molecule has 23 heavy (non-hydrogen) atoms. The van der Waals surface area contributed by atoms with Crippen LogP contribution in [0.1, 0.15) is 17.3 Å². The van der Waals surface area contributed by atoms with Gasteiger partial charge < -0.3 is 20.1 Å². The van der Waals surface area contributed by atoms with Gasteiger partial charge in [-0.3, -0.25) is 9.59 Å². The fraction of sp³-hybridized carbons (Fsp3) is 0.176. The van der Waals surface area contributed by atoms with E-state index in [-0.39, 0.29) is 11.8 Å². The lowest BCUT2D eigenvalue weighted by Gasteiger charge is -2.18. The first kappa shape index (κ1) is 14.9. The lowest BCUT2D eigenvalue weighted by atomic mass is 10.1. The molecule has 0 radical (unpaired) electrons. The summed E-state index contributed by atoms with van der Waals surface area (Å²) in [5.41, 5.74) is 1.69. The molecule has 6 nitrogen and oxygen atoms in total. The number of ether oxygens (including phenoxy) is 2. The summed E-state index contributed by atoms with van der Waals surface area (Å²) < 4.78 is 10.9. The Morgan fingerprint density at radius 2 is 1.61 bits per heavy atom. The Kier molecular flexibility index (Phi) is 4.14. The van der Waals surface area contributed by atoms with Crippen LogP contribution in [0, 0.1) is 0 Å². The summed E-state index contributed by atoms with van der Waals surface area (Å²) in [7, 11) is 0. The van der Waals surface area contributed by atoms with Crippen molar-refractivity contribution < 1.29 is 19.1 Å². The van der Waals surface area contributed by atoms with Crippen molar-refractivity contribution in [2.45, 2.75) is 6.92 Å². The Balaban J connectivity index is 1.75. The normalized spacial score (nSPS) is 12.4. The summed E-state index contributed by atoms with van der Waals surface area (Å²) in [5.74, 6) is 0.776. The molecule has 3 rings (SSSR count). The molecule has 0 atom stereocenters. The first-order chi connectivity index (χ1) is 11.1. The number of carbonyl (C=O) groups is 2. The molecule has 2 aromatic rings.